The molecule has 1 amide bonds. The topological polar surface area (TPSA) is 158 Å². The van der Waals surface area contributed by atoms with Crippen LogP contribution in [-0.2, 0) is 21.4 Å². The first kappa shape index (κ1) is 27.8. The van der Waals surface area contributed by atoms with Crippen LogP contribution in [-0.4, -0.2) is 50.7 Å². The van der Waals surface area contributed by atoms with Crippen LogP contribution >= 0.6 is 0 Å². The molecule has 0 aliphatic heterocycles. The van der Waals surface area contributed by atoms with Crippen LogP contribution in [0.3, 0.4) is 0 Å². The third-order valence-electron chi connectivity index (χ3n) is 7.85. The monoisotopic (exact) mass is 610 g/mol. The van der Waals surface area contributed by atoms with E-state index in [9.17, 15) is 17.6 Å². The molecule has 7 rings (SSSR count). The highest BCUT2D eigenvalue weighted by Gasteiger charge is 2.25. The van der Waals surface area contributed by atoms with Gasteiger partial charge in [-0.3, -0.25) is 19.9 Å². The predicted molar refractivity (Wildman–Crippen MR) is 165 cm³/mol. The molecule has 13 heteroatoms. The van der Waals surface area contributed by atoms with Gasteiger partial charge in [-0.05, 0) is 60.4 Å². The van der Waals surface area contributed by atoms with Gasteiger partial charge in [0, 0.05) is 58.5 Å². The van der Waals surface area contributed by atoms with Gasteiger partial charge in [0.1, 0.15) is 5.82 Å². The molecule has 0 saturated heterocycles. The van der Waals surface area contributed by atoms with Crippen molar-refractivity contribution in [2.45, 2.75) is 25.8 Å². The normalized spacial score (nSPS) is 13.8. The number of halogens is 1. The van der Waals surface area contributed by atoms with Crippen molar-refractivity contribution in [3.05, 3.63) is 78.8 Å². The highest BCUT2D eigenvalue weighted by atomic mass is 32.2. The maximum Gasteiger partial charge on any atom is 0.227 e. The number of carbonyl (C=O) groups excluding carboxylic acids is 1. The van der Waals surface area contributed by atoms with Crippen molar-refractivity contribution in [3.8, 4) is 33.6 Å². The molecule has 6 aromatic rings. The zero-order chi connectivity index (χ0) is 30.4. The zero-order valence-electron chi connectivity index (χ0n) is 23.6. The summed E-state index contributed by atoms with van der Waals surface area (Å²) in [5, 5.41) is 12.0. The van der Waals surface area contributed by atoms with Crippen molar-refractivity contribution in [2.24, 2.45) is 5.92 Å². The summed E-state index contributed by atoms with van der Waals surface area (Å²) in [7, 11) is -3.44. The van der Waals surface area contributed by atoms with Gasteiger partial charge in [0.05, 0.1) is 41.2 Å². The summed E-state index contributed by atoms with van der Waals surface area (Å²) in [5.41, 5.74) is 6.65. The van der Waals surface area contributed by atoms with Crippen LogP contribution in [0.4, 0.5) is 10.1 Å². The average Bonchev–Trinajstić information content (AvgIpc) is 3.58. The summed E-state index contributed by atoms with van der Waals surface area (Å²) < 4.78 is 40.1. The molecule has 0 spiro atoms. The van der Waals surface area contributed by atoms with E-state index in [0.717, 1.165) is 58.6 Å². The van der Waals surface area contributed by atoms with E-state index in [1.165, 1.54) is 12.1 Å². The second-order valence-electron chi connectivity index (χ2n) is 11.0. The number of anilines is 1. The molecule has 0 radical (unpaired) electrons. The van der Waals surface area contributed by atoms with Crippen molar-refractivity contribution in [3.63, 3.8) is 0 Å². The number of hydrogen-bond acceptors (Lipinski definition) is 7. The second kappa shape index (κ2) is 10.9. The van der Waals surface area contributed by atoms with Crippen molar-refractivity contribution in [1.82, 2.24) is 34.9 Å². The van der Waals surface area contributed by atoms with Gasteiger partial charge in [-0.15, -0.1) is 0 Å². The van der Waals surface area contributed by atoms with E-state index < -0.39 is 15.8 Å². The number of hydrogen-bond donors (Lipinski definition) is 4. The Morgan fingerprint density at radius 3 is 2.57 bits per heavy atom. The predicted octanol–water partition coefficient (Wildman–Crippen LogP) is 5.16. The van der Waals surface area contributed by atoms with Gasteiger partial charge in [0.15, 0.2) is 5.65 Å². The first-order valence-corrected chi connectivity index (χ1v) is 15.9. The summed E-state index contributed by atoms with van der Waals surface area (Å²) in [5.74, 6) is -0.398. The molecule has 44 heavy (non-hydrogen) atoms. The second-order valence-corrected chi connectivity index (χ2v) is 12.9. The molecule has 1 aliphatic carbocycles. The third-order valence-corrected chi connectivity index (χ3v) is 8.52. The minimum Gasteiger partial charge on any atom is -0.352 e. The number of nitrogens with one attached hydrogen (secondary N) is 4. The Morgan fingerprint density at radius 1 is 0.955 bits per heavy atom. The smallest absolute Gasteiger partial charge is 0.227 e. The van der Waals surface area contributed by atoms with E-state index in [1.807, 2.05) is 18.2 Å². The Hall–Kier alpha value is -5.01. The molecular weight excluding hydrogens is 583 g/mol. The molecule has 0 atom stereocenters. The van der Waals surface area contributed by atoms with Crippen molar-refractivity contribution >= 4 is 43.6 Å². The van der Waals surface area contributed by atoms with E-state index in [0.29, 0.717) is 33.7 Å². The minimum absolute atomic E-state index is 0.0219. The number of fused-ring (bicyclic) bond motifs is 2. The number of H-pyrrole nitrogens is 2. The molecule has 0 bridgehead atoms. The maximum atomic E-state index is 14.6. The fourth-order valence-corrected chi connectivity index (χ4v) is 5.81. The number of aromatic nitrogens is 6. The number of aromatic amines is 2. The van der Waals surface area contributed by atoms with Crippen LogP contribution in [0.1, 0.15) is 24.8 Å². The summed E-state index contributed by atoms with van der Waals surface area (Å²) in [6.07, 6.45) is 12.4. The molecule has 0 unspecified atom stereocenters. The fraction of sp³-hybridized carbons (Fsp3) is 0.194. The van der Waals surface area contributed by atoms with Gasteiger partial charge >= 0.3 is 0 Å². The molecule has 1 fully saturated rings. The number of pyridine rings is 3. The third kappa shape index (κ3) is 5.54. The zero-order valence-corrected chi connectivity index (χ0v) is 24.4. The highest BCUT2D eigenvalue weighted by Crippen LogP contribution is 2.35. The quantitative estimate of drug-likeness (QED) is 0.185. The number of nitrogens with zero attached hydrogens (tertiary/aromatic N) is 4. The lowest BCUT2D eigenvalue weighted by Crippen LogP contribution is -2.28. The molecule has 1 aromatic carbocycles. The van der Waals surface area contributed by atoms with Crippen LogP contribution < -0.4 is 10.0 Å². The van der Waals surface area contributed by atoms with Gasteiger partial charge in [-0.25, -0.2) is 22.5 Å². The van der Waals surface area contributed by atoms with Crippen LogP contribution in [0.25, 0.3) is 55.6 Å². The minimum atomic E-state index is -3.44. The van der Waals surface area contributed by atoms with Crippen LogP contribution in [0.2, 0.25) is 0 Å². The van der Waals surface area contributed by atoms with Crippen LogP contribution in [0.15, 0.2) is 67.4 Å². The van der Waals surface area contributed by atoms with Gasteiger partial charge in [-0.1, -0.05) is 6.42 Å². The summed E-state index contributed by atoms with van der Waals surface area (Å²) in [4.78, 5) is 29.1. The lowest BCUT2D eigenvalue weighted by atomic mass is 9.85. The Bertz CT molecular complexity index is 2170. The first-order valence-electron chi connectivity index (χ1n) is 14.0. The van der Waals surface area contributed by atoms with E-state index >= 15 is 0 Å². The Labute approximate surface area is 251 Å². The van der Waals surface area contributed by atoms with Crippen molar-refractivity contribution < 1.29 is 17.6 Å². The standard InChI is InChI=1S/C31H27FN8O3S/c1-44(42,43)36-11-17-5-19(7-22(32)6-17)26-15-34-16-28-24(26)10-27(38-28)29-25-9-21(13-35-30(25)40-39-29)20-8-23(14-33-12-20)37-31(41)18-3-2-4-18/h5-10,12-16,18,36,38H,2-4,11H2,1H3,(H,37,41)(H,35,39,40). The van der Waals surface area contributed by atoms with E-state index in [4.69, 9.17) is 0 Å². The van der Waals surface area contributed by atoms with E-state index in [2.05, 4.69) is 40.2 Å². The van der Waals surface area contributed by atoms with E-state index in [-0.39, 0.29) is 18.4 Å². The molecule has 11 nitrogen and oxygen atoms in total. The van der Waals surface area contributed by atoms with Crippen LogP contribution in [0.5, 0.6) is 0 Å². The summed E-state index contributed by atoms with van der Waals surface area (Å²) in [6.45, 7) is -0.0355. The number of rotatable bonds is 8. The first-order chi connectivity index (χ1) is 21.2. The van der Waals surface area contributed by atoms with Gasteiger partial charge < -0.3 is 10.3 Å². The van der Waals surface area contributed by atoms with E-state index in [1.54, 1.807) is 37.1 Å². The summed E-state index contributed by atoms with van der Waals surface area (Å²) >= 11 is 0. The fourth-order valence-electron chi connectivity index (χ4n) is 5.38. The Morgan fingerprint density at radius 2 is 1.77 bits per heavy atom. The SMILES string of the molecule is CS(=O)(=O)NCc1cc(F)cc(-c2cncc3[nH]c(-c4[nH]nc5ncc(-c6cncc(NC(=O)C7CCC7)c6)cc45)cc23)c1. The highest BCUT2D eigenvalue weighted by molar-refractivity contribution is 7.88. The number of benzene rings is 1. The molecule has 4 N–H and O–H groups in total. The van der Waals surface area contributed by atoms with Crippen molar-refractivity contribution in [1.29, 1.82) is 0 Å². The average molecular weight is 611 g/mol. The Balaban J connectivity index is 1.23. The number of sulfonamides is 1. The molecule has 1 saturated carbocycles. The molecule has 5 aromatic heterocycles. The number of amides is 1. The van der Waals surface area contributed by atoms with Gasteiger partial charge in [0.2, 0.25) is 15.9 Å². The lowest BCUT2D eigenvalue weighted by molar-refractivity contribution is -0.122. The summed E-state index contributed by atoms with van der Waals surface area (Å²) in [6, 6.07) is 10.2. The maximum absolute atomic E-state index is 14.6. The Kier molecular flexibility index (Phi) is 6.90. The lowest BCUT2D eigenvalue weighted by Gasteiger charge is -2.24. The molecule has 1 aliphatic rings. The van der Waals surface area contributed by atoms with Gasteiger partial charge in [0.25, 0.3) is 0 Å². The van der Waals surface area contributed by atoms with Crippen LogP contribution in [0, 0.1) is 11.7 Å². The van der Waals surface area contributed by atoms with Crippen molar-refractivity contribution in [2.75, 3.05) is 11.6 Å². The molecular formula is C31H27FN8O3S. The molecule has 222 valence electrons. The number of carbonyl (C=O) groups is 1. The largest absolute Gasteiger partial charge is 0.352 e. The van der Waals surface area contributed by atoms with Gasteiger partial charge in [-0.2, -0.15) is 5.10 Å². The molecule has 5 heterocycles.